The van der Waals surface area contributed by atoms with Crippen molar-refractivity contribution in [1.82, 2.24) is 4.98 Å². The van der Waals surface area contributed by atoms with Crippen molar-refractivity contribution >= 4 is 17.4 Å². The summed E-state index contributed by atoms with van der Waals surface area (Å²) in [5.74, 6) is 0.104. The monoisotopic (exact) mass is 242 g/mol. The number of pyridine rings is 1. The molecule has 4 heteroatoms. The molecule has 2 nitrogen and oxygen atoms in total. The van der Waals surface area contributed by atoms with Crippen molar-refractivity contribution < 1.29 is 4.39 Å². The molecule has 0 saturated carbocycles. The van der Waals surface area contributed by atoms with Gasteiger partial charge in [0.2, 0.25) is 0 Å². The van der Waals surface area contributed by atoms with E-state index in [1.807, 2.05) is 4.90 Å². The second-order valence-corrected chi connectivity index (χ2v) is 5.55. The van der Waals surface area contributed by atoms with Gasteiger partial charge in [-0.15, -0.1) is 0 Å². The van der Waals surface area contributed by atoms with Crippen LogP contribution in [0, 0.1) is 11.2 Å². The van der Waals surface area contributed by atoms with Gasteiger partial charge in [0.15, 0.2) is 11.6 Å². The van der Waals surface area contributed by atoms with Crippen molar-refractivity contribution in [3.05, 3.63) is 23.1 Å². The predicted molar refractivity (Wildman–Crippen MR) is 64.4 cm³/mol. The fourth-order valence-corrected chi connectivity index (χ4v) is 2.11. The zero-order chi connectivity index (χ0) is 11.8. The van der Waals surface area contributed by atoms with E-state index in [1.54, 1.807) is 0 Å². The van der Waals surface area contributed by atoms with Gasteiger partial charge >= 0.3 is 0 Å². The van der Waals surface area contributed by atoms with Crippen LogP contribution in [-0.4, -0.2) is 18.1 Å². The van der Waals surface area contributed by atoms with E-state index in [1.165, 1.54) is 12.3 Å². The second kappa shape index (κ2) is 4.21. The highest BCUT2D eigenvalue weighted by atomic mass is 35.5. The summed E-state index contributed by atoms with van der Waals surface area (Å²) in [5.41, 5.74) is 0.361. The number of hydrogen-bond acceptors (Lipinski definition) is 2. The quantitative estimate of drug-likeness (QED) is 0.749. The van der Waals surface area contributed by atoms with Crippen LogP contribution in [-0.2, 0) is 0 Å². The highest BCUT2D eigenvalue weighted by Crippen LogP contribution is 2.32. The van der Waals surface area contributed by atoms with Gasteiger partial charge in [0.1, 0.15) is 0 Å². The summed E-state index contributed by atoms with van der Waals surface area (Å²) in [6.45, 7) is 6.21. The Bertz CT molecular complexity index is 383. The van der Waals surface area contributed by atoms with E-state index in [0.29, 0.717) is 16.3 Å². The van der Waals surface area contributed by atoms with Crippen molar-refractivity contribution in [2.75, 3.05) is 18.0 Å². The number of piperidine rings is 1. The Kier molecular flexibility index (Phi) is 3.06. The molecular formula is C12H16ClFN2. The first-order valence-corrected chi connectivity index (χ1v) is 5.92. The molecule has 0 amide bonds. The van der Waals surface area contributed by atoms with Gasteiger partial charge in [-0.25, -0.2) is 9.37 Å². The fraction of sp³-hybridized carbons (Fsp3) is 0.583. The second-order valence-electron chi connectivity index (χ2n) is 5.11. The molecule has 0 bridgehead atoms. The van der Waals surface area contributed by atoms with E-state index < -0.39 is 0 Å². The molecule has 0 atom stereocenters. The van der Waals surface area contributed by atoms with Crippen LogP contribution in [0.25, 0.3) is 0 Å². The first-order valence-electron chi connectivity index (χ1n) is 5.54. The lowest BCUT2D eigenvalue weighted by atomic mass is 9.83. The van der Waals surface area contributed by atoms with Crippen LogP contribution in [0.15, 0.2) is 12.3 Å². The van der Waals surface area contributed by atoms with Gasteiger partial charge in [-0.3, -0.25) is 0 Å². The third-order valence-electron chi connectivity index (χ3n) is 3.20. The van der Waals surface area contributed by atoms with Gasteiger partial charge in [-0.2, -0.15) is 0 Å². The summed E-state index contributed by atoms with van der Waals surface area (Å²) >= 11 is 5.68. The average Bonchev–Trinajstić information content (AvgIpc) is 2.19. The van der Waals surface area contributed by atoms with Gasteiger partial charge in [-0.05, 0) is 24.3 Å². The summed E-state index contributed by atoms with van der Waals surface area (Å²) < 4.78 is 13.6. The van der Waals surface area contributed by atoms with Gasteiger partial charge in [0.25, 0.3) is 0 Å². The summed E-state index contributed by atoms with van der Waals surface area (Å²) in [5, 5.41) is 0.346. The van der Waals surface area contributed by atoms with Crippen LogP contribution in [0.3, 0.4) is 0 Å². The maximum Gasteiger partial charge on any atom is 0.167 e. The van der Waals surface area contributed by atoms with Crippen LogP contribution >= 0.6 is 11.6 Å². The number of halogens is 2. The molecule has 0 aliphatic carbocycles. The molecule has 0 radical (unpaired) electrons. The Balaban J connectivity index is 2.14. The minimum Gasteiger partial charge on any atom is -0.354 e. The Morgan fingerprint density at radius 2 is 2.00 bits per heavy atom. The van der Waals surface area contributed by atoms with Crippen LogP contribution < -0.4 is 4.90 Å². The standard InChI is InChI=1S/C12H16ClFN2/c1-12(2)3-5-16(6-4-12)11-10(14)7-9(13)8-15-11/h7-8H,3-6H2,1-2H3. The van der Waals surface area contributed by atoms with Crippen LogP contribution in [0.4, 0.5) is 10.2 Å². The third-order valence-corrected chi connectivity index (χ3v) is 3.41. The van der Waals surface area contributed by atoms with E-state index in [9.17, 15) is 4.39 Å². The Morgan fingerprint density at radius 3 is 2.56 bits per heavy atom. The average molecular weight is 243 g/mol. The molecule has 0 spiro atoms. The molecule has 0 N–H and O–H groups in total. The molecule has 16 heavy (non-hydrogen) atoms. The molecule has 0 unspecified atom stereocenters. The number of anilines is 1. The van der Waals surface area contributed by atoms with Crippen LogP contribution in [0.2, 0.25) is 5.02 Å². The summed E-state index contributed by atoms with van der Waals surface area (Å²) in [6, 6.07) is 1.32. The Hall–Kier alpha value is -0.830. The molecule has 1 aliphatic rings. The lowest BCUT2D eigenvalue weighted by Crippen LogP contribution is -2.38. The Morgan fingerprint density at radius 1 is 1.38 bits per heavy atom. The van der Waals surface area contributed by atoms with E-state index >= 15 is 0 Å². The van der Waals surface area contributed by atoms with Crippen LogP contribution in [0.5, 0.6) is 0 Å². The SMILES string of the molecule is CC1(C)CCN(c2ncc(Cl)cc2F)CC1. The molecule has 1 saturated heterocycles. The molecule has 0 aromatic carbocycles. The molecular weight excluding hydrogens is 227 g/mol. The van der Waals surface area contributed by atoms with Crippen molar-refractivity contribution in [2.24, 2.45) is 5.41 Å². The predicted octanol–water partition coefficient (Wildman–Crippen LogP) is 3.50. The van der Waals surface area contributed by atoms with E-state index in [-0.39, 0.29) is 5.82 Å². The van der Waals surface area contributed by atoms with Gasteiger partial charge in [0.05, 0.1) is 5.02 Å². The Labute approximate surface area is 100 Å². The minimum absolute atomic E-state index is 0.327. The van der Waals surface area contributed by atoms with Crippen LogP contribution in [0.1, 0.15) is 26.7 Å². The third kappa shape index (κ3) is 2.46. The fourth-order valence-electron chi connectivity index (χ4n) is 1.96. The zero-order valence-corrected chi connectivity index (χ0v) is 10.4. The molecule has 2 rings (SSSR count). The molecule has 1 aromatic heterocycles. The number of aromatic nitrogens is 1. The topological polar surface area (TPSA) is 16.1 Å². The first kappa shape index (κ1) is 11.6. The molecule has 1 aliphatic heterocycles. The van der Waals surface area contributed by atoms with Gasteiger partial charge < -0.3 is 4.90 Å². The zero-order valence-electron chi connectivity index (χ0n) is 9.63. The largest absolute Gasteiger partial charge is 0.354 e. The van der Waals surface area contributed by atoms with E-state index in [4.69, 9.17) is 11.6 Å². The summed E-state index contributed by atoms with van der Waals surface area (Å²) in [7, 11) is 0. The maximum atomic E-state index is 13.6. The van der Waals surface area contributed by atoms with E-state index in [2.05, 4.69) is 18.8 Å². The van der Waals surface area contributed by atoms with Crippen molar-refractivity contribution in [1.29, 1.82) is 0 Å². The molecule has 1 fully saturated rings. The maximum absolute atomic E-state index is 13.6. The highest BCUT2D eigenvalue weighted by Gasteiger charge is 2.27. The highest BCUT2D eigenvalue weighted by molar-refractivity contribution is 6.30. The summed E-state index contributed by atoms with van der Waals surface area (Å²) in [6.07, 6.45) is 3.63. The van der Waals surface area contributed by atoms with Crippen molar-refractivity contribution in [3.63, 3.8) is 0 Å². The first-order chi connectivity index (χ1) is 7.48. The smallest absolute Gasteiger partial charge is 0.167 e. The van der Waals surface area contributed by atoms with Gasteiger partial charge in [0, 0.05) is 19.3 Å². The lowest BCUT2D eigenvalue weighted by molar-refractivity contribution is 0.278. The van der Waals surface area contributed by atoms with E-state index in [0.717, 1.165) is 25.9 Å². The summed E-state index contributed by atoms with van der Waals surface area (Å²) in [4.78, 5) is 6.07. The number of rotatable bonds is 1. The van der Waals surface area contributed by atoms with Crippen molar-refractivity contribution in [3.8, 4) is 0 Å². The lowest BCUT2D eigenvalue weighted by Gasteiger charge is -2.37. The molecule has 1 aromatic rings. The minimum atomic E-state index is -0.327. The van der Waals surface area contributed by atoms with Crippen molar-refractivity contribution in [2.45, 2.75) is 26.7 Å². The normalized spacial score (nSPS) is 19.9. The molecule has 2 heterocycles. The number of hydrogen-bond donors (Lipinski definition) is 0. The number of nitrogens with zero attached hydrogens (tertiary/aromatic N) is 2. The van der Waals surface area contributed by atoms with Gasteiger partial charge in [-0.1, -0.05) is 25.4 Å². The molecule has 88 valence electrons.